The number of halogens is 3. The Kier molecular flexibility index (Phi) is 23.8. The molecule has 0 bridgehead atoms. The van der Waals surface area contributed by atoms with Gasteiger partial charge in [0, 0.05) is 94.2 Å². The molecule has 8 fully saturated rings. The Morgan fingerprint density at radius 2 is 1.00 bits per heavy atom. The van der Waals surface area contributed by atoms with E-state index in [1.807, 2.05) is 25.1 Å². The minimum Gasteiger partial charge on any atom is -0.339 e. The zero-order chi connectivity index (χ0) is 53.4. The van der Waals surface area contributed by atoms with E-state index in [4.69, 9.17) is 5.73 Å². The molecular weight excluding hydrogens is 946 g/mol. The van der Waals surface area contributed by atoms with Gasteiger partial charge in [-0.05, 0) is 200 Å². The van der Waals surface area contributed by atoms with Crippen molar-refractivity contribution in [3.8, 4) is 0 Å². The summed E-state index contributed by atoms with van der Waals surface area (Å²) in [6.07, 6.45) is 17.8. The fraction of sp³-hybridized carbons (Fsp3) is 0.842. The Labute approximate surface area is 443 Å². The Morgan fingerprint density at radius 1 is 0.568 bits per heavy atom. The van der Waals surface area contributed by atoms with Gasteiger partial charge in [-0.15, -0.1) is 0 Å². The summed E-state index contributed by atoms with van der Waals surface area (Å²) in [5.74, 6) is 0.0606. The molecule has 5 atom stereocenters. The number of hydrogen-bond donors (Lipinski definition) is 1. The van der Waals surface area contributed by atoms with E-state index in [1.165, 1.54) is 82.4 Å². The SMILES string of the molecule is CCC(=O)N1CC(F)(F)C[C@H]1C1CCN(C)CC1.CCC(=O)N1C[C@@H](F)C[C@H]1C1CCN(C)CC1.CN1CCC([C@@H]2CCCN2C(=O)CCN)CC1.CN1CCC([C@@H]2CCCN2C(=O)CCc2ccccn2)CC1. The number of nitrogens with two attached hydrogens (primary N) is 1. The summed E-state index contributed by atoms with van der Waals surface area (Å²) in [4.78, 5) is 69.4. The number of aromatic nitrogens is 1. The van der Waals surface area contributed by atoms with Gasteiger partial charge in [-0.25, -0.2) is 13.2 Å². The lowest BCUT2D eigenvalue weighted by atomic mass is 9.87. The third-order valence-electron chi connectivity index (χ3n) is 18.0. The molecule has 0 aliphatic carbocycles. The molecule has 1 aromatic rings. The van der Waals surface area contributed by atoms with Crippen molar-refractivity contribution in [2.45, 2.75) is 172 Å². The van der Waals surface area contributed by atoms with E-state index in [0.29, 0.717) is 75.0 Å². The van der Waals surface area contributed by atoms with Crippen molar-refractivity contribution >= 4 is 23.6 Å². The molecule has 0 saturated carbocycles. The number of rotatable bonds is 11. The molecule has 74 heavy (non-hydrogen) atoms. The van der Waals surface area contributed by atoms with E-state index in [1.54, 1.807) is 18.0 Å². The van der Waals surface area contributed by atoms with Crippen LogP contribution in [0.4, 0.5) is 13.2 Å². The molecule has 8 aliphatic heterocycles. The summed E-state index contributed by atoms with van der Waals surface area (Å²) in [5, 5.41) is 0. The number of nitrogens with zero attached hydrogens (tertiary/aromatic N) is 9. The summed E-state index contributed by atoms with van der Waals surface area (Å²) >= 11 is 0. The number of alkyl halides is 3. The highest BCUT2D eigenvalue weighted by Crippen LogP contribution is 2.39. The quantitative estimate of drug-likeness (QED) is 0.257. The van der Waals surface area contributed by atoms with Crippen molar-refractivity contribution in [3.05, 3.63) is 30.1 Å². The summed E-state index contributed by atoms with van der Waals surface area (Å²) in [6.45, 7) is 14.7. The number of carbonyl (C=O) groups is 4. The third kappa shape index (κ3) is 17.3. The lowest BCUT2D eigenvalue weighted by Gasteiger charge is -2.37. The van der Waals surface area contributed by atoms with E-state index in [0.717, 1.165) is 83.0 Å². The van der Waals surface area contributed by atoms with Crippen LogP contribution in [-0.4, -0.2) is 217 Å². The number of hydrogen-bond acceptors (Lipinski definition) is 10. The smallest absolute Gasteiger partial charge is 0.267 e. The van der Waals surface area contributed by atoms with Crippen molar-refractivity contribution in [1.29, 1.82) is 0 Å². The molecule has 4 amide bonds. The number of piperidine rings is 4. The second-order valence-corrected chi connectivity index (χ2v) is 23.3. The zero-order valence-electron chi connectivity index (χ0n) is 46.5. The van der Waals surface area contributed by atoms with Crippen LogP contribution in [0, 0.1) is 23.7 Å². The molecule has 9 rings (SSSR count). The monoisotopic (exact) mass is 1040 g/mol. The molecule has 2 N–H and O–H groups in total. The van der Waals surface area contributed by atoms with Gasteiger partial charge in [0.1, 0.15) is 6.17 Å². The van der Waals surface area contributed by atoms with Crippen LogP contribution in [-0.2, 0) is 25.6 Å². The summed E-state index contributed by atoms with van der Waals surface area (Å²) in [5.41, 5.74) is 6.50. The minimum atomic E-state index is -2.70. The van der Waals surface area contributed by atoms with Crippen LogP contribution < -0.4 is 5.73 Å². The Morgan fingerprint density at radius 3 is 1.43 bits per heavy atom. The molecule has 14 nitrogen and oxygen atoms in total. The van der Waals surface area contributed by atoms with Crippen LogP contribution in [0.3, 0.4) is 0 Å². The normalized spacial score (nSPS) is 28.1. The summed E-state index contributed by atoms with van der Waals surface area (Å²) in [7, 11) is 8.55. The predicted octanol–water partition coefficient (Wildman–Crippen LogP) is 6.67. The van der Waals surface area contributed by atoms with Gasteiger partial charge in [0.2, 0.25) is 23.6 Å². The molecule has 0 unspecified atom stereocenters. The maximum Gasteiger partial charge on any atom is 0.267 e. The standard InChI is InChI=1S/C18H27N3O.C13H22F2N2O.C13H23FN2O.C13H25N3O/c1-20-13-9-15(10-14-20)17-6-4-12-21(17)18(22)8-7-16-5-2-3-11-19-16;1-3-12(18)17-9-13(14,15)8-11(17)10-4-6-16(2)7-5-10;1-3-13(17)16-9-11(14)8-12(16)10-4-6-15(2)7-5-10;1-15-9-5-11(6-10-15)12-3-2-8-16(12)13(17)4-7-14/h2-3,5,11,15,17H,4,6-10,12-14H2,1H3;10-11H,3-9H2,1-2H3;10-12H,3-9H2,1-2H3;11-12H,2-10,14H2,1H3/t17-;11-;11-,12-;12-/m0000/s1. The lowest BCUT2D eigenvalue weighted by Crippen LogP contribution is -2.44. The molecule has 0 aromatic carbocycles. The van der Waals surface area contributed by atoms with Crippen molar-refractivity contribution < 1.29 is 32.3 Å². The average molecular weight is 1040 g/mol. The first-order valence-corrected chi connectivity index (χ1v) is 29.0. The van der Waals surface area contributed by atoms with Crippen molar-refractivity contribution in [2.75, 3.05) is 113 Å². The second-order valence-electron chi connectivity index (χ2n) is 23.3. The van der Waals surface area contributed by atoms with Gasteiger partial charge < -0.3 is 44.9 Å². The lowest BCUT2D eigenvalue weighted by molar-refractivity contribution is -0.134. The number of aryl methyl sites for hydroxylation is 1. The highest BCUT2D eigenvalue weighted by atomic mass is 19.3. The van der Waals surface area contributed by atoms with Gasteiger partial charge in [-0.2, -0.15) is 0 Å². The molecule has 8 aliphatic rings. The fourth-order valence-electron chi connectivity index (χ4n) is 13.5. The van der Waals surface area contributed by atoms with Gasteiger partial charge in [0.15, 0.2) is 0 Å². The Bertz CT molecular complexity index is 1860. The second kappa shape index (κ2) is 29.4. The third-order valence-corrected chi connectivity index (χ3v) is 18.0. The number of likely N-dealkylation sites (tertiary alicyclic amines) is 8. The largest absolute Gasteiger partial charge is 0.339 e. The topological polar surface area (TPSA) is 133 Å². The molecular formula is C57H97F3N10O4. The molecule has 0 spiro atoms. The zero-order valence-corrected chi connectivity index (χ0v) is 46.5. The Hall–Kier alpha value is -3.38. The summed E-state index contributed by atoms with van der Waals surface area (Å²) in [6, 6.07) is 6.82. The maximum absolute atomic E-state index is 13.6. The van der Waals surface area contributed by atoms with Gasteiger partial charge in [0.05, 0.1) is 13.1 Å². The van der Waals surface area contributed by atoms with Crippen LogP contribution in [0.5, 0.6) is 0 Å². The summed E-state index contributed by atoms with van der Waals surface area (Å²) < 4.78 is 40.7. The number of pyridine rings is 1. The molecule has 17 heteroatoms. The first kappa shape index (κ1) is 59.9. The van der Waals surface area contributed by atoms with E-state index in [-0.39, 0.29) is 48.7 Å². The van der Waals surface area contributed by atoms with Crippen LogP contribution in [0.2, 0.25) is 0 Å². The highest BCUT2D eigenvalue weighted by molar-refractivity contribution is 5.78. The van der Waals surface area contributed by atoms with Gasteiger partial charge in [-0.3, -0.25) is 24.2 Å². The average Bonchev–Trinajstić information content (AvgIpc) is 4.24. The molecule has 420 valence electrons. The van der Waals surface area contributed by atoms with Crippen molar-refractivity contribution in [2.24, 2.45) is 29.4 Å². The van der Waals surface area contributed by atoms with Crippen molar-refractivity contribution in [3.63, 3.8) is 0 Å². The molecule has 9 heterocycles. The molecule has 0 radical (unpaired) electrons. The van der Waals surface area contributed by atoms with E-state index in [9.17, 15) is 32.3 Å². The van der Waals surface area contributed by atoms with Gasteiger partial charge in [-0.1, -0.05) is 19.9 Å². The van der Waals surface area contributed by atoms with E-state index >= 15 is 0 Å². The fourth-order valence-corrected chi connectivity index (χ4v) is 13.5. The van der Waals surface area contributed by atoms with E-state index < -0.39 is 12.1 Å². The van der Waals surface area contributed by atoms with E-state index in [2.05, 4.69) is 62.6 Å². The van der Waals surface area contributed by atoms with Gasteiger partial charge >= 0.3 is 0 Å². The number of carbonyl (C=O) groups excluding carboxylic acids is 4. The minimum absolute atomic E-state index is 0.120. The number of amides is 4. The first-order valence-electron chi connectivity index (χ1n) is 29.0. The first-order chi connectivity index (χ1) is 35.5. The van der Waals surface area contributed by atoms with Crippen LogP contribution >= 0.6 is 0 Å². The molecule has 1 aromatic heterocycles. The maximum atomic E-state index is 13.6. The highest BCUT2D eigenvalue weighted by Gasteiger charge is 2.49. The van der Waals surface area contributed by atoms with Gasteiger partial charge in [0.25, 0.3) is 5.92 Å². The Balaban J connectivity index is 0.000000162. The molecule has 8 saturated heterocycles. The van der Waals surface area contributed by atoms with Crippen molar-refractivity contribution in [1.82, 2.24) is 44.2 Å². The van der Waals surface area contributed by atoms with Crippen LogP contribution in [0.1, 0.15) is 135 Å². The van der Waals surface area contributed by atoms with Crippen LogP contribution in [0.25, 0.3) is 0 Å². The van der Waals surface area contributed by atoms with Crippen LogP contribution in [0.15, 0.2) is 24.4 Å². The predicted molar refractivity (Wildman–Crippen MR) is 287 cm³/mol.